The Hall–Kier alpha value is -1.52. The van der Waals surface area contributed by atoms with Gasteiger partial charge in [-0.2, -0.15) is 13.2 Å². The number of halogens is 3. The first-order valence-corrected chi connectivity index (χ1v) is 7.08. The topological polar surface area (TPSA) is 26.3 Å². The van der Waals surface area contributed by atoms with E-state index in [4.69, 9.17) is 4.74 Å². The van der Waals surface area contributed by atoms with E-state index >= 15 is 0 Å². The predicted molar refractivity (Wildman–Crippen MR) is 73.6 cm³/mol. The number of alkyl halides is 3. The van der Waals surface area contributed by atoms with E-state index in [1.54, 1.807) is 25.1 Å². The van der Waals surface area contributed by atoms with Crippen LogP contribution in [0.3, 0.4) is 0 Å². The minimum atomic E-state index is -4.20. The monoisotopic (exact) mass is 300 g/mol. The Bertz CT molecular complexity index is 523. The second kappa shape index (κ2) is 6.08. The van der Waals surface area contributed by atoms with Gasteiger partial charge in [-0.25, -0.2) is 0 Å². The minimum absolute atomic E-state index is 0.0895. The molecule has 2 rings (SSSR count). The number of ether oxygens (including phenoxy) is 1. The van der Waals surface area contributed by atoms with E-state index in [9.17, 15) is 18.0 Å². The molecule has 1 aromatic carbocycles. The Morgan fingerprint density at radius 1 is 1.29 bits per heavy atom. The van der Waals surface area contributed by atoms with Crippen LogP contribution in [-0.2, 0) is 0 Å². The number of hydrogen-bond acceptors (Lipinski definition) is 2. The van der Waals surface area contributed by atoms with Gasteiger partial charge in [0.1, 0.15) is 5.75 Å². The maximum Gasteiger partial charge on any atom is 0.391 e. The van der Waals surface area contributed by atoms with Crippen LogP contribution in [-0.4, -0.2) is 19.1 Å². The number of carbonyl (C=O) groups excluding carboxylic acids is 1. The average molecular weight is 300 g/mol. The van der Waals surface area contributed by atoms with E-state index in [2.05, 4.69) is 0 Å². The van der Waals surface area contributed by atoms with Gasteiger partial charge in [-0.05, 0) is 49.9 Å². The summed E-state index contributed by atoms with van der Waals surface area (Å²) >= 11 is 0. The van der Waals surface area contributed by atoms with Gasteiger partial charge in [0.25, 0.3) is 0 Å². The summed E-state index contributed by atoms with van der Waals surface area (Å²) in [4.78, 5) is 12.5. The van der Waals surface area contributed by atoms with Crippen molar-refractivity contribution in [2.45, 2.75) is 38.8 Å². The smallest absolute Gasteiger partial charge is 0.391 e. The van der Waals surface area contributed by atoms with Crippen LogP contribution in [0.2, 0.25) is 0 Å². The van der Waals surface area contributed by atoms with E-state index in [0.717, 1.165) is 5.56 Å². The summed E-state index contributed by atoms with van der Waals surface area (Å²) in [6.45, 7) is 1.78. The molecule has 116 valence electrons. The summed E-state index contributed by atoms with van der Waals surface area (Å²) in [6, 6.07) is 5.05. The van der Waals surface area contributed by atoms with Crippen molar-refractivity contribution in [3.8, 4) is 5.75 Å². The Kier molecular flexibility index (Phi) is 4.59. The number of aryl methyl sites for hydroxylation is 1. The van der Waals surface area contributed by atoms with E-state index in [0.29, 0.717) is 24.2 Å². The van der Waals surface area contributed by atoms with Crippen LogP contribution in [0.15, 0.2) is 18.2 Å². The Morgan fingerprint density at radius 3 is 2.57 bits per heavy atom. The number of rotatable bonds is 3. The lowest BCUT2D eigenvalue weighted by Gasteiger charge is -2.30. The zero-order valence-corrected chi connectivity index (χ0v) is 12.2. The fraction of sp³-hybridized carbons (Fsp3) is 0.562. The summed E-state index contributed by atoms with van der Waals surface area (Å²) in [5, 5.41) is 0. The first kappa shape index (κ1) is 15.9. The molecule has 0 saturated heterocycles. The molecule has 0 heterocycles. The summed E-state index contributed by atoms with van der Waals surface area (Å²) in [7, 11) is 1.53. The van der Waals surface area contributed by atoms with Crippen LogP contribution < -0.4 is 4.74 Å². The maximum atomic E-state index is 12.8. The summed E-state index contributed by atoms with van der Waals surface area (Å²) in [6.07, 6.45) is -3.16. The van der Waals surface area contributed by atoms with Crippen molar-refractivity contribution in [3.63, 3.8) is 0 Å². The van der Waals surface area contributed by atoms with Gasteiger partial charge in [-0.1, -0.05) is 6.42 Å². The van der Waals surface area contributed by atoms with Crippen molar-refractivity contribution in [2.75, 3.05) is 7.11 Å². The van der Waals surface area contributed by atoms with Gasteiger partial charge in [-0.15, -0.1) is 0 Å². The molecule has 5 heteroatoms. The average Bonchev–Trinajstić information content (AvgIpc) is 2.45. The van der Waals surface area contributed by atoms with Crippen molar-refractivity contribution in [1.29, 1.82) is 0 Å². The van der Waals surface area contributed by atoms with Gasteiger partial charge < -0.3 is 4.74 Å². The van der Waals surface area contributed by atoms with Gasteiger partial charge >= 0.3 is 6.18 Å². The van der Waals surface area contributed by atoms with E-state index < -0.39 is 18.0 Å². The first-order valence-electron chi connectivity index (χ1n) is 7.08. The van der Waals surface area contributed by atoms with Gasteiger partial charge in [0, 0.05) is 11.5 Å². The fourth-order valence-electron chi connectivity index (χ4n) is 2.98. The van der Waals surface area contributed by atoms with Crippen LogP contribution in [0, 0.1) is 18.8 Å². The highest BCUT2D eigenvalue weighted by atomic mass is 19.4. The zero-order chi connectivity index (χ0) is 15.6. The summed E-state index contributed by atoms with van der Waals surface area (Å²) in [5.74, 6) is -1.42. The van der Waals surface area contributed by atoms with Crippen molar-refractivity contribution in [3.05, 3.63) is 29.3 Å². The molecular formula is C16H19F3O2. The predicted octanol–water partition coefficient (Wildman–Crippen LogP) is 4.56. The molecule has 21 heavy (non-hydrogen) atoms. The SMILES string of the molecule is COc1ccc(C(=O)C2CCCC(C(F)(F)F)C2)c(C)c1. The van der Waals surface area contributed by atoms with Crippen molar-refractivity contribution in [1.82, 2.24) is 0 Å². The van der Waals surface area contributed by atoms with Gasteiger partial charge in [0.2, 0.25) is 0 Å². The van der Waals surface area contributed by atoms with Crippen molar-refractivity contribution in [2.24, 2.45) is 11.8 Å². The fourth-order valence-corrected chi connectivity index (χ4v) is 2.98. The largest absolute Gasteiger partial charge is 0.497 e. The van der Waals surface area contributed by atoms with Crippen LogP contribution in [0.4, 0.5) is 13.2 Å². The highest BCUT2D eigenvalue weighted by Gasteiger charge is 2.43. The zero-order valence-electron chi connectivity index (χ0n) is 12.2. The van der Waals surface area contributed by atoms with Crippen molar-refractivity contribution < 1.29 is 22.7 Å². The molecule has 0 N–H and O–H groups in total. The number of methoxy groups -OCH3 is 1. The second-order valence-electron chi connectivity index (χ2n) is 5.65. The molecule has 2 unspecified atom stereocenters. The molecule has 1 aromatic rings. The highest BCUT2D eigenvalue weighted by Crippen LogP contribution is 2.41. The first-order chi connectivity index (χ1) is 9.82. The summed E-state index contributed by atoms with van der Waals surface area (Å²) in [5.41, 5.74) is 1.25. The molecule has 0 aliphatic heterocycles. The molecule has 0 spiro atoms. The summed E-state index contributed by atoms with van der Waals surface area (Å²) < 4.78 is 43.6. The lowest BCUT2D eigenvalue weighted by Crippen LogP contribution is -2.32. The highest BCUT2D eigenvalue weighted by molar-refractivity contribution is 5.99. The molecule has 2 atom stereocenters. The van der Waals surface area contributed by atoms with Crippen LogP contribution in [0.5, 0.6) is 5.75 Å². The van der Waals surface area contributed by atoms with E-state index in [-0.39, 0.29) is 18.6 Å². The molecule has 1 aliphatic rings. The third-order valence-electron chi connectivity index (χ3n) is 4.21. The Balaban J connectivity index is 2.16. The van der Waals surface area contributed by atoms with Gasteiger partial charge in [0.15, 0.2) is 5.78 Å². The van der Waals surface area contributed by atoms with Crippen molar-refractivity contribution >= 4 is 5.78 Å². The molecule has 1 saturated carbocycles. The molecule has 0 radical (unpaired) electrons. The molecule has 0 aromatic heterocycles. The molecule has 1 fully saturated rings. The number of Topliss-reactive ketones (excluding diaryl/α,β-unsaturated/α-hetero) is 1. The minimum Gasteiger partial charge on any atom is -0.497 e. The van der Waals surface area contributed by atoms with Crippen LogP contribution in [0.25, 0.3) is 0 Å². The standard InChI is InChI=1S/C16H19F3O2/c1-10-8-13(21-2)6-7-14(10)15(20)11-4-3-5-12(9-11)16(17,18)19/h6-8,11-12H,3-5,9H2,1-2H3. The third-order valence-corrected chi connectivity index (χ3v) is 4.21. The number of benzene rings is 1. The number of carbonyl (C=O) groups is 1. The molecule has 0 bridgehead atoms. The maximum absolute atomic E-state index is 12.8. The van der Waals surface area contributed by atoms with Gasteiger partial charge in [-0.3, -0.25) is 4.79 Å². The van der Waals surface area contributed by atoms with Crippen LogP contribution in [0.1, 0.15) is 41.6 Å². The third kappa shape index (κ3) is 3.57. The Morgan fingerprint density at radius 2 is 2.00 bits per heavy atom. The Labute approximate surface area is 122 Å². The molecule has 0 amide bonds. The molecular weight excluding hydrogens is 281 g/mol. The van der Waals surface area contributed by atoms with Gasteiger partial charge in [0.05, 0.1) is 13.0 Å². The van der Waals surface area contributed by atoms with E-state index in [1.165, 1.54) is 7.11 Å². The lowest BCUT2D eigenvalue weighted by molar-refractivity contribution is -0.184. The molecule has 1 aliphatic carbocycles. The number of hydrogen-bond donors (Lipinski definition) is 0. The lowest BCUT2D eigenvalue weighted by atomic mass is 9.77. The molecule has 2 nitrogen and oxygen atoms in total. The van der Waals surface area contributed by atoms with Crippen LogP contribution >= 0.6 is 0 Å². The normalized spacial score (nSPS) is 22.9. The second-order valence-corrected chi connectivity index (χ2v) is 5.65. The quantitative estimate of drug-likeness (QED) is 0.765. The number of ketones is 1. The van der Waals surface area contributed by atoms with E-state index in [1.807, 2.05) is 0 Å².